The number of nitrogens with one attached hydrogen (secondary N) is 2. The average molecular weight is 441 g/mol. The normalized spacial score (nSPS) is 15.0. The molecule has 2 heterocycles. The van der Waals surface area contributed by atoms with Gasteiger partial charge in [0.25, 0.3) is 0 Å². The van der Waals surface area contributed by atoms with Crippen LogP contribution in [-0.4, -0.2) is 72.5 Å². The fourth-order valence-electron chi connectivity index (χ4n) is 4.26. The predicted molar refractivity (Wildman–Crippen MR) is 126 cm³/mol. The summed E-state index contributed by atoms with van der Waals surface area (Å²) in [5.74, 6) is -0.293. The minimum atomic E-state index is -0.340. The van der Waals surface area contributed by atoms with E-state index in [0.29, 0.717) is 31.7 Å². The Bertz CT molecular complexity index is 886. The molecular weight excluding hydrogens is 404 g/mol. The second kappa shape index (κ2) is 11.8. The van der Waals surface area contributed by atoms with Gasteiger partial charge in [-0.1, -0.05) is 30.3 Å². The molecule has 1 saturated heterocycles. The number of carbonyl (C=O) groups is 2. The Morgan fingerprint density at radius 3 is 2.44 bits per heavy atom. The molecule has 1 aliphatic heterocycles. The van der Waals surface area contributed by atoms with E-state index in [2.05, 4.69) is 50.4 Å². The highest BCUT2D eigenvalue weighted by atomic mass is 16.5. The van der Waals surface area contributed by atoms with Crippen LogP contribution in [0.2, 0.25) is 0 Å². The summed E-state index contributed by atoms with van der Waals surface area (Å²) in [6.45, 7) is 12.7. The largest absolute Gasteiger partial charge is 0.461 e. The summed E-state index contributed by atoms with van der Waals surface area (Å²) < 4.78 is 5.09. The maximum atomic E-state index is 12.3. The minimum Gasteiger partial charge on any atom is -0.461 e. The first kappa shape index (κ1) is 24.0. The van der Waals surface area contributed by atoms with Gasteiger partial charge in [0.2, 0.25) is 5.91 Å². The molecular formula is C25H36N4O3. The first-order valence-electron chi connectivity index (χ1n) is 11.6. The van der Waals surface area contributed by atoms with Crippen molar-refractivity contribution < 1.29 is 14.3 Å². The van der Waals surface area contributed by atoms with Gasteiger partial charge < -0.3 is 15.0 Å². The van der Waals surface area contributed by atoms with Gasteiger partial charge in [0.1, 0.15) is 5.69 Å². The maximum Gasteiger partial charge on any atom is 0.355 e. The van der Waals surface area contributed by atoms with Gasteiger partial charge in [0, 0.05) is 57.9 Å². The van der Waals surface area contributed by atoms with Gasteiger partial charge in [0.05, 0.1) is 6.61 Å². The van der Waals surface area contributed by atoms with Crippen molar-refractivity contribution in [2.24, 2.45) is 0 Å². The van der Waals surface area contributed by atoms with Crippen LogP contribution in [0.25, 0.3) is 0 Å². The Morgan fingerprint density at radius 2 is 1.75 bits per heavy atom. The van der Waals surface area contributed by atoms with E-state index >= 15 is 0 Å². The van der Waals surface area contributed by atoms with E-state index in [4.69, 9.17) is 4.74 Å². The molecule has 1 amide bonds. The Labute approximate surface area is 191 Å². The molecule has 0 aliphatic carbocycles. The van der Waals surface area contributed by atoms with Crippen molar-refractivity contribution in [1.29, 1.82) is 0 Å². The fraction of sp³-hybridized carbons (Fsp3) is 0.520. The van der Waals surface area contributed by atoms with Gasteiger partial charge in [-0.05, 0) is 43.9 Å². The summed E-state index contributed by atoms with van der Waals surface area (Å²) in [6.07, 6.45) is 1.02. The number of H-pyrrole nitrogens is 1. The first-order chi connectivity index (χ1) is 15.5. The topological polar surface area (TPSA) is 77.7 Å². The van der Waals surface area contributed by atoms with Crippen LogP contribution in [0.15, 0.2) is 30.3 Å². The van der Waals surface area contributed by atoms with E-state index in [1.54, 1.807) is 6.92 Å². The molecule has 0 atom stereocenters. The summed E-state index contributed by atoms with van der Waals surface area (Å²) in [6, 6.07) is 10.6. The molecule has 7 nitrogen and oxygen atoms in total. The molecule has 1 fully saturated rings. The number of piperazine rings is 1. The van der Waals surface area contributed by atoms with Crippen molar-refractivity contribution >= 4 is 11.9 Å². The van der Waals surface area contributed by atoms with Crippen LogP contribution in [0.5, 0.6) is 0 Å². The molecule has 174 valence electrons. The lowest BCUT2D eigenvalue weighted by Crippen LogP contribution is -2.48. The number of aromatic amines is 1. The lowest BCUT2D eigenvalue weighted by Gasteiger charge is -2.34. The van der Waals surface area contributed by atoms with Crippen molar-refractivity contribution in [3.05, 3.63) is 58.4 Å². The van der Waals surface area contributed by atoms with Crippen LogP contribution in [0.4, 0.5) is 0 Å². The zero-order valence-electron chi connectivity index (χ0n) is 19.6. The Kier molecular flexibility index (Phi) is 8.88. The first-order valence-corrected chi connectivity index (χ1v) is 11.6. The number of carbonyl (C=O) groups excluding carboxylic acids is 2. The van der Waals surface area contributed by atoms with Gasteiger partial charge in [0.15, 0.2) is 0 Å². The fourth-order valence-corrected chi connectivity index (χ4v) is 4.26. The second-order valence-electron chi connectivity index (χ2n) is 8.40. The van der Waals surface area contributed by atoms with E-state index in [-0.39, 0.29) is 11.9 Å². The number of aromatic nitrogens is 1. The van der Waals surface area contributed by atoms with Gasteiger partial charge in [-0.2, -0.15) is 0 Å². The van der Waals surface area contributed by atoms with Crippen molar-refractivity contribution in [3.63, 3.8) is 0 Å². The van der Waals surface area contributed by atoms with Crippen LogP contribution in [0.1, 0.15) is 46.2 Å². The summed E-state index contributed by atoms with van der Waals surface area (Å²) >= 11 is 0. The summed E-state index contributed by atoms with van der Waals surface area (Å²) in [5, 5.41) is 3.04. The number of aryl methyl sites for hydroxylation is 1. The number of rotatable bonds is 10. The lowest BCUT2D eigenvalue weighted by atomic mass is 10.0. The number of benzene rings is 1. The Morgan fingerprint density at radius 1 is 1.06 bits per heavy atom. The van der Waals surface area contributed by atoms with Crippen molar-refractivity contribution in [3.8, 4) is 0 Å². The molecule has 2 N–H and O–H groups in total. The maximum absolute atomic E-state index is 12.3. The van der Waals surface area contributed by atoms with E-state index in [0.717, 1.165) is 56.1 Å². The van der Waals surface area contributed by atoms with E-state index in [9.17, 15) is 9.59 Å². The number of amides is 1. The molecule has 32 heavy (non-hydrogen) atoms. The highest BCUT2D eigenvalue weighted by Crippen LogP contribution is 2.20. The highest BCUT2D eigenvalue weighted by molar-refractivity contribution is 5.90. The molecule has 3 rings (SSSR count). The predicted octanol–water partition coefficient (Wildman–Crippen LogP) is 2.67. The van der Waals surface area contributed by atoms with E-state index in [1.807, 2.05) is 13.8 Å². The van der Waals surface area contributed by atoms with E-state index in [1.165, 1.54) is 5.56 Å². The lowest BCUT2D eigenvalue weighted by molar-refractivity contribution is -0.121. The van der Waals surface area contributed by atoms with Crippen molar-refractivity contribution in [2.75, 3.05) is 45.9 Å². The standard InChI is InChI=1S/C25H36N4O3/c1-4-32-25(31)24-19(2)22(20(3)27-24)10-11-23(30)26-12-13-28-14-16-29(17-15-28)18-21-8-6-5-7-9-21/h5-9,27H,4,10-18H2,1-3H3,(H,26,30). The molecule has 0 radical (unpaired) electrons. The highest BCUT2D eigenvalue weighted by Gasteiger charge is 2.19. The number of hydrogen-bond acceptors (Lipinski definition) is 5. The summed E-state index contributed by atoms with van der Waals surface area (Å²) in [4.78, 5) is 32.4. The molecule has 2 aromatic rings. The third-order valence-electron chi connectivity index (χ3n) is 6.14. The third kappa shape index (κ3) is 6.68. The molecule has 7 heteroatoms. The van der Waals surface area contributed by atoms with Crippen molar-refractivity contribution in [1.82, 2.24) is 20.1 Å². The molecule has 0 saturated carbocycles. The third-order valence-corrected chi connectivity index (χ3v) is 6.14. The number of esters is 1. The molecule has 0 unspecified atom stereocenters. The van der Waals surface area contributed by atoms with Crippen LogP contribution in [0, 0.1) is 13.8 Å². The zero-order chi connectivity index (χ0) is 22.9. The van der Waals surface area contributed by atoms with Gasteiger partial charge in [-0.3, -0.25) is 14.6 Å². The smallest absolute Gasteiger partial charge is 0.355 e. The number of nitrogens with zero attached hydrogens (tertiary/aromatic N) is 2. The number of hydrogen-bond donors (Lipinski definition) is 2. The second-order valence-corrected chi connectivity index (χ2v) is 8.40. The van der Waals surface area contributed by atoms with Crippen LogP contribution >= 0.6 is 0 Å². The van der Waals surface area contributed by atoms with Gasteiger partial charge >= 0.3 is 5.97 Å². The Balaban J connectivity index is 1.34. The Hall–Kier alpha value is -2.64. The van der Waals surface area contributed by atoms with Gasteiger partial charge in [-0.25, -0.2) is 4.79 Å². The zero-order valence-corrected chi connectivity index (χ0v) is 19.6. The molecule has 0 spiro atoms. The minimum absolute atomic E-state index is 0.0467. The van der Waals surface area contributed by atoms with Crippen LogP contribution < -0.4 is 5.32 Å². The molecule has 1 aromatic carbocycles. The quantitative estimate of drug-likeness (QED) is 0.556. The van der Waals surface area contributed by atoms with Crippen molar-refractivity contribution in [2.45, 2.75) is 40.2 Å². The molecule has 1 aliphatic rings. The summed E-state index contributed by atoms with van der Waals surface area (Å²) in [5.41, 5.74) is 4.67. The summed E-state index contributed by atoms with van der Waals surface area (Å²) in [7, 11) is 0. The average Bonchev–Trinajstić information content (AvgIpc) is 3.08. The molecule has 1 aromatic heterocycles. The van der Waals surface area contributed by atoms with E-state index < -0.39 is 0 Å². The monoisotopic (exact) mass is 440 g/mol. The van der Waals surface area contributed by atoms with Crippen LogP contribution in [-0.2, 0) is 22.5 Å². The van der Waals surface area contributed by atoms with Crippen LogP contribution in [0.3, 0.4) is 0 Å². The number of ether oxygens (including phenoxy) is 1. The van der Waals surface area contributed by atoms with Gasteiger partial charge in [-0.15, -0.1) is 0 Å². The SMILES string of the molecule is CCOC(=O)c1[nH]c(C)c(CCC(=O)NCCN2CCN(Cc3ccccc3)CC2)c1C. The molecule has 0 bridgehead atoms.